The fourth-order valence-corrected chi connectivity index (χ4v) is 3.52. The number of ether oxygens (including phenoxy) is 2. The van der Waals surface area contributed by atoms with Gasteiger partial charge in [0.25, 0.3) is 10.0 Å². The van der Waals surface area contributed by atoms with Gasteiger partial charge in [0.05, 0.1) is 6.61 Å². The van der Waals surface area contributed by atoms with Crippen molar-refractivity contribution in [2.75, 3.05) is 32.6 Å². The summed E-state index contributed by atoms with van der Waals surface area (Å²) in [5.74, 6) is 0. The lowest BCUT2D eigenvalue weighted by atomic mass is 10.0. The van der Waals surface area contributed by atoms with Gasteiger partial charge < -0.3 is 15.2 Å². The fraction of sp³-hybridized carbons (Fsp3) is 0.750. The molecule has 2 heterocycles. The van der Waals surface area contributed by atoms with E-state index in [1.165, 1.54) is 7.11 Å². The topological polar surface area (TPSA) is 116 Å². The second kappa shape index (κ2) is 5.05. The van der Waals surface area contributed by atoms with Gasteiger partial charge in [-0.15, -0.1) is 10.2 Å². The summed E-state index contributed by atoms with van der Waals surface area (Å²) in [6.07, 6.45) is 0.643. The monoisotopic (exact) mass is 294 g/mol. The zero-order valence-electron chi connectivity index (χ0n) is 9.75. The number of nitrogens with two attached hydrogens (primary N) is 1. The van der Waals surface area contributed by atoms with Crippen LogP contribution in [-0.2, 0) is 19.5 Å². The lowest BCUT2D eigenvalue weighted by Gasteiger charge is -2.25. The van der Waals surface area contributed by atoms with Crippen LogP contribution in [0.1, 0.15) is 6.42 Å². The van der Waals surface area contributed by atoms with Gasteiger partial charge in [0.2, 0.25) is 9.47 Å². The Balaban J connectivity index is 2.05. The zero-order valence-corrected chi connectivity index (χ0v) is 11.4. The molecule has 1 fully saturated rings. The largest absolute Gasteiger partial charge is 0.378 e. The van der Waals surface area contributed by atoms with Crippen LogP contribution in [0.5, 0.6) is 0 Å². The van der Waals surface area contributed by atoms with E-state index < -0.39 is 15.6 Å². The molecule has 10 heteroatoms. The molecule has 1 atom stereocenters. The van der Waals surface area contributed by atoms with Gasteiger partial charge in [-0.3, -0.25) is 0 Å². The molecule has 0 bridgehead atoms. The summed E-state index contributed by atoms with van der Waals surface area (Å²) in [7, 11) is -2.16. The quantitative estimate of drug-likeness (QED) is 0.730. The van der Waals surface area contributed by atoms with Crippen molar-refractivity contribution in [3.05, 3.63) is 0 Å². The second-order valence-corrected chi connectivity index (χ2v) is 6.87. The number of hydrogen-bond donors (Lipinski definition) is 2. The third-order valence-corrected chi connectivity index (χ3v) is 5.26. The Morgan fingerprint density at radius 3 is 2.89 bits per heavy atom. The van der Waals surface area contributed by atoms with Crippen molar-refractivity contribution in [1.29, 1.82) is 0 Å². The van der Waals surface area contributed by atoms with E-state index >= 15 is 0 Å². The third kappa shape index (κ3) is 2.78. The van der Waals surface area contributed by atoms with E-state index in [1.807, 2.05) is 0 Å². The molecule has 1 aromatic heterocycles. The third-order valence-electron chi connectivity index (χ3n) is 2.74. The Bertz CT molecular complexity index is 509. The maximum absolute atomic E-state index is 11.9. The minimum Gasteiger partial charge on any atom is -0.378 e. The molecular formula is C8H14N4O4S2. The number of methoxy groups -OCH3 is 1. The number of rotatable bonds is 5. The molecular weight excluding hydrogens is 280 g/mol. The highest BCUT2D eigenvalue weighted by molar-refractivity contribution is 7.91. The van der Waals surface area contributed by atoms with Gasteiger partial charge in [0.15, 0.2) is 0 Å². The van der Waals surface area contributed by atoms with Gasteiger partial charge in [0, 0.05) is 26.7 Å². The van der Waals surface area contributed by atoms with Gasteiger partial charge in [-0.1, -0.05) is 11.3 Å². The first-order valence-corrected chi connectivity index (χ1v) is 7.49. The fourth-order valence-electron chi connectivity index (χ4n) is 1.58. The molecule has 102 valence electrons. The van der Waals surface area contributed by atoms with E-state index in [9.17, 15) is 8.42 Å². The van der Waals surface area contributed by atoms with Crippen LogP contribution in [0.25, 0.3) is 0 Å². The minimum absolute atomic E-state index is 0.112. The lowest BCUT2D eigenvalue weighted by Crippen LogP contribution is -2.44. The van der Waals surface area contributed by atoms with Crippen molar-refractivity contribution < 1.29 is 17.9 Å². The van der Waals surface area contributed by atoms with E-state index in [4.69, 9.17) is 15.2 Å². The average Bonchev–Trinajstić information content (AvgIpc) is 2.96. The van der Waals surface area contributed by atoms with Crippen molar-refractivity contribution in [2.45, 2.75) is 16.4 Å². The van der Waals surface area contributed by atoms with Crippen LogP contribution in [0.3, 0.4) is 0 Å². The normalized spacial score (nSPS) is 24.5. The molecule has 1 aliphatic rings. The molecule has 18 heavy (non-hydrogen) atoms. The number of nitrogen functional groups attached to an aromatic ring is 1. The van der Waals surface area contributed by atoms with Gasteiger partial charge in [-0.25, -0.2) is 13.1 Å². The number of nitrogens with zero attached hydrogens (tertiary/aromatic N) is 2. The molecule has 0 amide bonds. The van der Waals surface area contributed by atoms with Crippen LogP contribution in [0.15, 0.2) is 4.34 Å². The van der Waals surface area contributed by atoms with Crippen LogP contribution in [0.2, 0.25) is 0 Å². The van der Waals surface area contributed by atoms with Crippen LogP contribution in [0.4, 0.5) is 5.13 Å². The SMILES string of the molecule is COC1(CNS(=O)(=O)c2nnc(N)s2)CCOC1. The highest BCUT2D eigenvalue weighted by atomic mass is 32.2. The molecule has 0 spiro atoms. The maximum Gasteiger partial charge on any atom is 0.269 e. The number of nitrogens with one attached hydrogen (secondary N) is 1. The molecule has 1 unspecified atom stereocenters. The standard InChI is InChI=1S/C8H14N4O4S2/c1-15-8(2-3-16-5-8)4-10-18(13,14)7-12-11-6(9)17-7/h10H,2-5H2,1H3,(H2,9,11). The predicted molar refractivity (Wildman–Crippen MR) is 64.7 cm³/mol. The average molecular weight is 294 g/mol. The number of aromatic nitrogens is 2. The van der Waals surface area contributed by atoms with Crippen LogP contribution in [-0.4, -0.2) is 51.1 Å². The first kappa shape index (κ1) is 13.6. The van der Waals surface area contributed by atoms with Gasteiger partial charge in [-0.05, 0) is 0 Å². The molecule has 1 aromatic rings. The number of anilines is 1. The molecule has 0 aliphatic carbocycles. The van der Waals surface area contributed by atoms with Crippen LogP contribution in [0, 0.1) is 0 Å². The molecule has 1 saturated heterocycles. The molecule has 1 aliphatic heterocycles. The molecule has 0 saturated carbocycles. The smallest absolute Gasteiger partial charge is 0.269 e. The van der Waals surface area contributed by atoms with E-state index in [0.717, 1.165) is 11.3 Å². The Hall–Kier alpha value is -0.810. The number of sulfonamides is 1. The summed E-state index contributed by atoms with van der Waals surface area (Å²) in [5.41, 5.74) is 4.75. The van der Waals surface area contributed by atoms with E-state index in [0.29, 0.717) is 19.6 Å². The first-order valence-electron chi connectivity index (χ1n) is 5.19. The van der Waals surface area contributed by atoms with Gasteiger partial charge in [-0.2, -0.15) is 0 Å². The van der Waals surface area contributed by atoms with Crippen LogP contribution < -0.4 is 10.5 Å². The zero-order chi connectivity index (χ0) is 13.2. The van der Waals surface area contributed by atoms with Gasteiger partial charge >= 0.3 is 0 Å². The molecule has 0 radical (unpaired) electrons. The van der Waals surface area contributed by atoms with Crippen molar-refractivity contribution in [1.82, 2.24) is 14.9 Å². The van der Waals surface area contributed by atoms with E-state index in [-0.39, 0.29) is 16.0 Å². The van der Waals surface area contributed by atoms with Crippen molar-refractivity contribution >= 4 is 26.5 Å². The Labute approximate surface area is 109 Å². The summed E-state index contributed by atoms with van der Waals surface area (Å²) >= 11 is 0.817. The highest BCUT2D eigenvalue weighted by Gasteiger charge is 2.36. The maximum atomic E-state index is 11.9. The minimum atomic E-state index is -3.70. The van der Waals surface area contributed by atoms with Gasteiger partial charge in [0.1, 0.15) is 5.60 Å². The highest BCUT2D eigenvalue weighted by Crippen LogP contribution is 2.23. The molecule has 0 aromatic carbocycles. The Morgan fingerprint density at radius 1 is 1.61 bits per heavy atom. The summed E-state index contributed by atoms with van der Waals surface area (Å²) < 4.78 is 36.7. The summed E-state index contributed by atoms with van der Waals surface area (Å²) in [6.45, 7) is 1.05. The number of hydrogen-bond acceptors (Lipinski definition) is 8. The second-order valence-electron chi connectivity index (χ2n) is 3.92. The lowest BCUT2D eigenvalue weighted by molar-refractivity contribution is -0.0120. The van der Waals surface area contributed by atoms with E-state index in [2.05, 4.69) is 14.9 Å². The summed E-state index contributed by atoms with van der Waals surface area (Å²) in [5, 5.41) is 7.09. The predicted octanol–water partition coefficient (Wildman–Crippen LogP) is -0.796. The van der Waals surface area contributed by atoms with Crippen molar-refractivity contribution in [2.24, 2.45) is 0 Å². The summed E-state index contributed by atoms with van der Waals surface area (Å²) in [6, 6.07) is 0. The molecule has 3 N–H and O–H groups in total. The van der Waals surface area contributed by atoms with Crippen LogP contribution >= 0.6 is 11.3 Å². The van der Waals surface area contributed by atoms with Crippen molar-refractivity contribution in [3.63, 3.8) is 0 Å². The van der Waals surface area contributed by atoms with E-state index in [1.54, 1.807) is 0 Å². The molecule has 2 rings (SSSR count). The molecule has 8 nitrogen and oxygen atoms in total. The first-order chi connectivity index (χ1) is 8.47. The summed E-state index contributed by atoms with van der Waals surface area (Å²) in [4.78, 5) is 0. The van der Waals surface area contributed by atoms with Crippen molar-refractivity contribution in [3.8, 4) is 0 Å². The Morgan fingerprint density at radius 2 is 2.39 bits per heavy atom. The Kier molecular flexibility index (Phi) is 3.82.